The largest absolute Gasteiger partial charge is 0.478 e. The fourth-order valence-corrected chi connectivity index (χ4v) is 1.93. The molecule has 2 rings (SSSR count). The molecule has 0 atom stereocenters. The van der Waals surface area contributed by atoms with Gasteiger partial charge in [-0.25, -0.2) is 9.18 Å². The van der Waals surface area contributed by atoms with Crippen LogP contribution in [0.4, 0.5) is 15.8 Å². The fraction of sp³-hybridized carbons (Fsp3) is 0.500. The Kier molecular flexibility index (Phi) is 4.44. The van der Waals surface area contributed by atoms with Gasteiger partial charge in [0.2, 0.25) is 0 Å². The van der Waals surface area contributed by atoms with Crippen molar-refractivity contribution in [1.29, 1.82) is 0 Å². The zero-order chi connectivity index (χ0) is 14.7. The fourth-order valence-electron chi connectivity index (χ4n) is 1.93. The van der Waals surface area contributed by atoms with Crippen LogP contribution in [0.3, 0.4) is 0 Å². The average Bonchev–Trinajstić information content (AvgIpc) is 3.20. The van der Waals surface area contributed by atoms with E-state index < -0.39 is 17.3 Å². The lowest BCUT2D eigenvalue weighted by Gasteiger charge is -2.21. The molecule has 0 amide bonds. The van der Waals surface area contributed by atoms with Gasteiger partial charge in [0.05, 0.1) is 23.5 Å². The van der Waals surface area contributed by atoms with Gasteiger partial charge in [-0.2, -0.15) is 0 Å². The van der Waals surface area contributed by atoms with Crippen LogP contribution in [0.5, 0.6) is 0 Å². The molecule has 1 aromatic carbocycles. The smallest absolute Gasteiger partial charge is 0.338 e. The van der Waals surface area contributed by atoms with E-state index >= 15 is 0 Å². The van der Waals surface area contributed by atoms with Crippen molar-refractivity contribution in [2.24, 2.45) is 5.92 Å². The van der Waals surface area contributed by atoms with E-state index in [4.69, 9.17) is 15.6 Å². The molecule has 5 nitrogen and oxygen atoms in total. The number of nitrogens with two attached hydrogens (primary N) is 1. The summed E-state index contributed by atoms with van der Waals surface area (Å²) in [7, 11) is 1.77. The summed E-state index contributed by atoms with van der Waals surface area (Å²) in [5.74, 6) is -1.40. The molecule has 1 aromatic rings. The molecule has 1 aliphatic carbocycles. The Morgan fingerprint density at radius 1 is 1.55 bits per heavy atom. The number of ether oxygens (including phenoxy) is 1. The minimum absolute atomic E-state index is 0.244. The molecule has 6 heteroatoms. The van der Waals surface area contributed by atoms with Crippen molar-refractivity contribution in [2.75, 3.05) is 37.4 Å². The number of aromatic carboxylic acids is 1. The SMILES string of the molecule is CN(CCOCC1CC1)c1cc(F)c(C(=O)O)cc1N. The van der Waals surface area contributed by atoms with Crippen molar-refractivity contribution >= 4 is 17.3 Å². The maximum absolute atomic E-state index is 13.6. The van der Waals surface area contributed by atoms with Gasteiger partial charge in [-0.3, -0.25) is 0 Å². The zero-order valence-corrected chi connectivity index (χ0v) is 11.4. The number of rotatable bonds is 7. The van der Waals surface area contributed by atoms with Crippen molar-refractivity contribution in [3.05, 3.63) is 23.5 Å². The van der Waals surface area contributed by atoms with Crippen LogP contribution in [-0.4, -0.2) is 37.9 Å². The van der Waals surface area contributed by atoms with Crippen molar-refractivity contribution in [2.45, 2.75) is 12.8 Å². The zero-order valence-electron chi connectivity index (χ0n) is 11.4. The van der Waals surface area contributed by atoms with E-state index in [1.54, 1.807) is 11.9 Å². The molecule has 0 aliphatic heterocycles. The van der Waals surface area contributed by atoms with Crippen LogP contribution in [0.1, 0.15) is 23.2 Å². The van der Waals surface area contributed by atoms with Crippen LogP contribution in [0.15, 0.2) is 12.1 Å². The minimum atomic E-state index is -1.32. The molecule has 1 fully saturated rings. The van der Waals surface area contributed by atoms with Gasteiger partial charge in [0.1, 0.15) is 5.82 Å². The quantitative estimate of drug-likeness (QED) is 0.590. The normalized spacial score (nSPS) is 14.3. The highest BCUT2D eigenvalue weighted by Crippen LogP contribution is 2.29. The monoisotopic (exact) mass is 282 g/mol. The minimum Gasteiger partial charge on any atom is -0.478 e. The third-order valence-electron chi connectivity index (χ3n) is 3.38. The Morgan fingerprint density at radius 3 is 2.85 bits per heavy atom. The summed E-state index contributed by atoms with van der Waals surface area (Å²) >= 11 is 0. The third kappa shape index (κ3) is 3.60. The summed E-state index contributed by atoms with van der Waals surface area (Å²) < 4.78 is 19.2. The van der Waals surface area contributed by atoms with Crippen LogP contribution in [-0.2, 0) is 4.74 Å². The summed E-state index contributed by atoms with van der Waals surface area (Å²) in [5, 5.41) is 8.82. The van der Waals surface area contributed by atoms with Crippen molar-refractivity contribution in [1.82, 2.24) is 0 Å². The molecule has 20 heavy (non-hydrogen) atoms. The van der Waals surface area contributed by atoms with Gasteiger partial charge in [-0.15, -0.1) is 0 Å². The molecular weight excluding hydrogens is 263 g/mol. The molecule has 0 radical (unpaired) electrons. The summed E-state index contributed by atoms with van der Waals surface area (Å²) in [6.07, 6.45) is 2.48. The predicted octanol–water partition coefficient (Wildman–Crippen LogP) is 1.97. The summed E-state index contributed by atoms with van der Waals surface area (Å²) in [5.41, 5.74) is 6.09. The van der Waals surface area contributed by atoms with E-state index in [1.807, 2.05) is 0 Å². The number of carboxylic acids is 1. The summed E-state index contributed by atoms with van der Waals surface area (Å²) in [4.78, 5) is 12.6. The van der Waals surface area contributed by atoms with Gasteiger partial charge in [0.15, 0.2) is 0 Å². The molecule has 0 heterocycles. The number of anilines is 2. The van der Waals surface area contributed by atoms with E-state index in [0.717, 1.165) is 18.7 Å². The van der Waals surface area contributed by atoms with E-state index in [2.05, 4.69) is 0 Å². The van der Waals surface area contributed by atoms with Gasteiger partial charge >= 0.3 is 5.97 Å². The Bertz CT molecular complexity index is 503. The highest BCUT2D eigenvalue weighted by molar-refractivity contribution is 5.90. The van der Waals surface area contributed by atoms with Crippen molar-refractivity contribution in [3.63, 3.8) is 0 Å². The Hall–Kier alpha value is -1.82. The second-order valence-corrected chi connectivity index (χ2v) is 5.14. The van der Waals surface area contributed by atoms with Crippen molar-refractivity contribution < 1.29 is 19.0 Å². The molecule has 1 saturated carbocycles. The number of carboxylic acid groups (broad SMARTS) is 1. The summed E-state index contributed by atoms with van der Waals surface area (Å²) in [6.45, 7) is 1.88. The lowest BCUT2D eigenvalue weighted by Crippen LogP contribution is -2.24. The lowest BCUT2D eigenvalue weighted by molar-refractivity contribution is 0.0692. The van der Waals surface area contributed by atoms with Crippen LogP contribution in [0.2, 0.25) is 0 Å². The number of carbonyl (C=O) groups is 1. The highest BCUT2D eigenvalue weighted by Gasteiger charge is 2.21. The molecule has 0 aromatic heterocycles. The standard InChI is InChI=1S/C14H19FN2O3/c1-17(4-5-20-8-9-2-3-9)13-7-11(15)10(14(18)19)6-12(13)16/h6-7,9H,2-5,8,16H2,1H3,(H,18,19). The number of halogens is 1. The number of benzene rings is 1. The van der Waals surface area contributed by atoms with E-state index in [9.17, 15) is 9.18 Å². The number of hydrogen-bond donors (Lipinski definition) is 2. The van der Waals surface area contributed by atoms with Crippen molar-refractivity contribution in [3.8, 4) is 0 Å². The van der Waals surface area contributed by atoms with Gasteiger partial charge in [-0.1, -0.05) is 0 Å². The predicted molar refractivity (Wildman–Crippen MR) is 74.6 cm³/mol. The van der Waals surface area contributed by atoms with E-state index in [-0.39, 0.29) is 5.69 Å². The van der Waals surface area contributed by atoms with Crippen LogP contribution < -0.4 is 10.6 Å². The molecule has 1 aliphatic rings. The first-order valence-electron chi connectivity index (χ1n) is 6.60. The first kappa shape index (κ1) is 14.6. The molecule has 0 spiro atoms. The topological polar surface area (TPSA) is 75.8 Å². The maximum atomic E-state index is 13.6. The van der Waals surface area contributed by atoms with Gasteiger partial charge in [0.25, 0.3) is 0 Å². The van der Waals surface area contributed by atoms with Gasteiger partial charge in [0, 0.05) is 26.3 Å². The van der Waals surface area contributed by atoms with Crippen LogP contribution in [0.25, 0.3) is 0 Å². The van der Waals surface area contributed by atoms with Gasteiger partial charge in [-0.05, 0) is 24.8 Å². The second-order valence-electron chi connectivity index (χ2n) is 5.14. The third-order valence-corrected chi connectivity index (χ3v) is 3.38. The molecule has 0 bridgehead atoms. The molecule has 3 N–H and O–H groups in total. The molecule has 0 unspecified atom stereocenters. The molecular formula is C14H19FN2O3. The number of likely N-dealkylation sites (N-methyl/N-ethyl adjacent to an activating group) is 1. The van der Waals surface area contributed by atoms with Crippen LogP contribution in [0, 0.1) is 11.7 Å². The number of nitrogens with zero attached hydrogens (tertiary/aromatic N) is 1. The highest BCUT2D eigenvalue weighted by atomic mass is 19.1. The Balaban J connectivity index is 1.95. The number of hydrogen-bond acceptors (Lipinski definition) is 4. The lowest BCUT2D eigenvalue weighted by atomic mass is 10.1. The molecule has 110 valence electrons. The van der Waals surface area contributed by atoms with E-state index in [0.29, 0.717) is 24.8 Å². The first-order valence-corrected chi connectivity index (χ1v) is 6.60. The second kappa shape index (κ2) is 6.09. The summed E-state index contributed by atoms with van der Waals surface area (Å²) in [6, 6.07) is 2.30. The first-order chi connectivity index (χ1) is 9.49. The van der Waals surface area contributed by atoms with E-state index in [1.165, 1.54) is 12.8 Å². The average molecular weight is 282 g/mol. The Morgan fingerprint density at radius 2 is 2.25 bits per heavy atom. The van der Waals surface area contributed by atoms with Crippen LogP contribution >= 0.6 is 0 Å². The van der Waals surface area contributed by atoms with Gasteiger partial charge < -0.3 is 20.5 Å². The number of nitrogen functional groups attached to an aromatic ring is 1. The maximum Gasteiger partial charge on any atom is 0.338 e. The molecule has 0 saturated heterocycles. The Labute approximate surface area is 117 Å².